The fourth-order valence-electron chi connectivity index (χ4n) is 5.77. The van der Waals surface area contributed by atoms with Gasteiger partial charge in [-0.3, -0.25) is 14.5 Å². The summed E-state index contributed by atoms with van der Waals surface area (Å²) in [7, 11) is 0. The minimum Gasteiger partial charge on any atom is -0.481 e. The lowest BCUT2D eigenvalue weighted by Crippen LogP contribution is -2.36. The van der Waals surface area contributed by atoms with Gasteiger partial charge < -0.3 is 19.5 Å². The molecule has 2 aliphatic heterocycles. The van der Waals surface area contributed by atoms with E-state index in [4.69, 9.17) is 14.5 Å². The largest absolute Gasteiger partial charge is 0.481 e. The number of nitrogens with zero attached hydrogens (tertiary/aromatic N) is 3. The quantitative estimate of drug-likeness (QED) is 0.243. The number of pyridine rings is 1. The summed E-state index contributed by atoms with van der Waals surface area (Å²) >= 11 is 0. The number of aliphatic carboxylic acids is 1. The van der Waals surface area contributed by atoms with E-state index in [9.17, 15) is 14.7 Å². The van der Waals surface area contributed by atoms with Crippen molar-refractivity contribution in [3.63, 3.8) is 0 Å². The van der Waals surface area contributed by atoms with E-state index in [1.807, 2.05) is 92.7 Å². The Morgan fingerprint density at radius 1 is 0.860 bits per heavy atom. The van der Waals surface area contributed by atoms with Crippen molar-refractivity contribution in [3.8, 4) is 11.8 Å². The van der Waals surface area contributed by atoms with Gasteiger partial charge in [-0.1, -0.05) is 60.7 Å². The zero-order valence-corrected chi connectivity index (χ0v) is 24.4. The average molecular weight is 578 g/mol. The van der Waals surface area contributed by atoms with Crippen molar-refractivity contribution in [2.24, 2.45) is 5.92 Å². The molecule has 0 aliphatic carbocycles. The van der Waals surface area contributed by atoms with Gasteiger partial charge in [0.2, 0.25) is 17.7 Å². The van der Waals surface area contributed by atoms with Crippen molar-refractivity contribution in [1.82, 2.24) is 4.98 Å². The maximum absolute atomic E-state index is 14.0. The molecule has 43 heavy (non-hydrogen) atoms. The molecular formula is C35H35N3O5. The molecule has 0 atom stereocenters. The number of fused-ring (bicyclic) bond motifs is 1. The molecule has 1 N–H and O–H groups in total. The van der Waals surface area contributed by atoms with Crippen molar-refractivity contribution < 1.29 is 24.2 Å². The lowest BCUT2D eigenvalue weighted by molar-refractivity contribution is -0.142. The van der Waals surface area contributed by atoms with Crippen LogP contribution < -0.4 is 19.3 Å². The monoisotopic (exact) mass is 577 g/mol. The summed E-state index contributed by atoms with van der Waals surface area (Å²) in [6, 6.07) is 29.4. The number of anilines is 3. The predicted molar refractivity (Wildman–Crippen MR) is 165 cm³/mol. The molecule has 0 saturated carbocycles. The van der Waals surface area contributed by atoms with Gasteiger partial charge in [-0.2, -0.15) is 4.98 Å². The van der Waals surface area contributed by atoms with E-state index in [-0.39, 0.29) is 18.4 Å². The molecule has 2 aliphatic rings. The van der Waals surface area contributed by atoms with Gasteiger partial charge in [0.05, 0.1) is 17.0 Å². The molecule has 0 spiro atoms. The molecular weight excluding hydrogens is 542 g/mol. The number of ether oxygens (including phenoxy) is 2. The lowest BCUT2D eigenvalue weighted by atomic mass is 9.85. The number of rotatable bonds is 9. The highest BCUT2D eigenvalue weighted by atomic mass is 16.5. The Morgan fingerprint density at radius 3 is 2.09 bits per heavy atom. The molecule has 1 aromatic heterocycles. The number of carboxylic acid groups (broad SMARTS) is 1. The summed E-state index contributed by atoms with van der Waals surface area (Å²) < 4.78 is 12.3. The van der Waals surface area contributed by atoms with Crippen LogP contribution in [0.15, 0.2) is 91.0 Å². The van der Waals surface area contributed by atoms with Crippen molar-refractivity contribution in [3.05, 3.63) is 108 Å². The van der Waals surface area contributed by atoms with Crippen LogP contribution in [0.25, 0.3) is 0 Å². The van der Waals surface area contributed by atoms with E-state index in [2.05, 4.69) is 11.0 Å². The molecule has 3 aromatic carbocycles. The van der Waals surface area contributed by atoms with Gasteiger partial charge >= 0.3 is 5.97 Å². The zero-order chi connectivity index (χ0) is 30.0. The first kappa shape index (κ1) is 28.3. The summed E-state index contributed by atoms with van der Waals surface area (Å²) in [6.07, 6.45) is 1.21. The Balaban J connectivity index is 1.32. The average Bonchev–Trinajstić information content (AvgIpc) is 3.24. The lowest BCUT2D eigenvalue weighted by Gasteiger charge is -2.32. The summed E-state index contributed by atoms with van der Waals surface area (Å²) in [5.74, 6) is -0.395. The molecule has 0 radical (unpaired) electrons. The van der Waals surface area contributed by atoms with Gasteiger partial charge in [-0.15, -0.1) is 0 Å². The van der Waals surface area contributed by atoms with Crippen LogP contribution in [0, 0.1) is 5.92 Å². The topological polar surface area (TPSA) is 92.2 Å². The summed E-state index contributed by atoms with van der Waals surface area (Å²) in [6.45, 7) is 5.84. The molecule has 1 saturated heterocycles. The number of carbonyl (C=O) groups is 2. The highest BCUT2D eigenvalue weighted by Gasteiger charge is 2.46. The third-order valence-corrected chi connectivity index (χ3v) is 8.34. The van der Waals surface area contributed by atoms with Gasteiger partial charge in [0, 0.05) is 24.8 Å². The smallest absolute Gasteiger partial charge is 0.306 e. The second-order valence-electron chi connectivity index (χ2n) is 11.6. The van der Waals surface area contributed by atoms with E-state index < -0.39 is 11.4 Å². The van der Waals surface area contributed by atoms with E-state index in [0.29, 0.717) is 50.0 Å². The minimum atomic E-state index is -0.788. The van der Waals surface area contributed by atoms with Crippen LogP contribution >= 0.6 is 0 Å². The van der Waals surface area contributed by atoms with E-state index in [0.717, 1.165) is 28.1 Å². The van der Waals surface area contributed by atoms with Crippen molar-refractivity contribution in [1.29, 1.82) is 0 Å². The van der Waals surface area contributed by atoms with Gasteiger partial charge in [0.25, 0.3) is 0 Å². The van der Waals surface area contributed by atoms with Crippen molar-refractivity contribution >= 4 is 28.9 Å². The number of aromatic nitrogens is 1. The predicted octanol–water partition coefficient (Wildman–Crippen LogP) is 6.50. The number of piperidine rings is 1. The molecule has 6 rings (SSSR count). The van der Waals surface area contributed by atoms with Crippen LogP contribution in [-0.2, 0) is 28.2 Å². The highest BCUT2D eigenvalue weighted by Crippen LogP contribution is 2.49. The molecule has 8 heteroatoms. The molecule has 1 fully saturated rings. The van der Waals surface area contributed by atoms with Gasteiger partial charge in [0.1, 0.15) is 18.9 Å². The normalized spacial score (nSPS) is 16.2. The Labute approximate surface area is 251 Å². The number of carbonyl (C=O) groups excluding carboxylic acids is 1. The Kier molecular flexibility index (Phi) is 7.76. The van der Waals surface area contributed by atoms with E-state index in [1.54, 1.807) is 11.0 Å². The third-order valence-electron chi connectivity index (χ3n) is 8.34. The van der Waals surface area contributed by atoms with Crippen molar-refractivity contribution in [2.75, 3.05) is 22.9 Å². The van der Waals surface area contributed by atoms with Crippen LogP contribution in [0.5, 0.6) is 11.8 Å². The second-order valence-corrected chi connectivity index (χ2v) is 11.6. The molecule has 1 amide bonds. The summed E-state index contributed by atoms with van der Waals surface area (Å²) in [4.78, 5) is 34.1. The van der Waals surface area contributed by atoms with E-state index in [1.165, 1.54) is 0 Å². The Morgan fingerprint density at radius 2 is 1.47 bits per heavy atom. The molecule has 3 heterocycles. The van der Waals surface area contributed by atoms with Crippen LogP contribution in [0.1, 0.15) is 43.4 Å². The third kappa shape index (κ3) is 5.78. The first-order valence-electron chi connectivity index (χ1n) is 14.6. The fraction of sp³-hybridized carbons (Fsp3) is 0.286. The van der Waals surface area contributed by atoms with E-state index >= 15 is 0 Å². The SMILES string of the molecule is CC1(C)C(=O)N(c2ccc(OCc3ccccc3)nc2OCc2ccccc2)c2ccc(N3CCC(C(=O)O)CC3)cc21. The number of hydrogen-bond acceptors (Lipinski definition) is 6. The van der Waals surface area contributed by atoms with Gasteiger partial charge in [0.15, 0.2) is 0 Å². The van der Waals surface area contributed by atoms with Crippen LogP contribution in [0.4, 0.5) is 17.1 Å². The molecule has 220 valence electrons. The first-order chi connectivity index (χ1) is 20.8. The van der Waals surface area contributed by atoms with Crippen LogP contribution in [-0.4, -0.2) is 35.1 Å². The number of amides is 1. The number of hydrogen-bond donors (Lipinski definition) is 1. The zero-order valence-electron chi connectivity index (χ0n) is 24.4. The standard InChI is InChI=1S/C35H35N3O5/c1-35(2)28-21-27(37-19-17-26(18-20-37)33(39)40)13-14-29(28)38(34(35)41)30-15-16-31(42-22-24-9-5-3-6-10-24)36-32(30)43-23-25-11-7-4-8-12-25/h3-16,21,26H,17-20,22-23H2,1-2H3,(H,39,40). The number of carboxylic acids is 1. The van der Waals surface area contributed by atoms with Crippen LogP contribution in [0.2, 0.25) is 0 Å². The maximum Gasteiger partial charge on any atom is 0.306 e. The summed E-state index contributed by atoms with van der Waals surface area (Å²) in [5.41, 5.74) is 4.45. The van der Waals surface area contributed by atoms with Gasteiger partial charge in [-0.05, 0) is 67.6 Å². The molecule has 4 aromatic rings. The fourth-order valence-corrected chi connectivity index (χ4v) is 5.77. The molecule has 8 nitrogen and oxygen atoms in total. The number of benzene rings is 3. The minimum absolute atomic E-state index is 0.0754. The molecule has 0 unspecified atom stereocenters. The van der Waals surface area contributed by atoms with Crippen LogP contribution in [0.3, 0.4) is 0 Å². The van der Waals surface area contributed by atoms with Crippen molar-refractivity contribution in [2.45, 2.75) is 45.3 Å². The highest BCUT2D eigenvalue weighted by molar-refractivity contribution is 6.13. The Hall–Kier alpha value is -4.85. The maximum atomic E-state index is 14.0. The first-order valence-corrected chi connectivity index (χ1v) is 14.6. The second kappa shape index (κ2) is 11.8. The van der Waals surface area contributed by atoms with Gasteiger partial charge in [-0.25, -0.2) is 0 Å². The molecule has 0 bridgehead atoms. The Bertz CT molecular complexity index is 1620. The summed E-state index contributed by atoms with van der Waals surface area (Å²) in [5, 5.41) is 9.40.